The van der Waals surface area contributed by atoms with Gasteiger partial charge in [-0.15, -0.1) is 0 Å². The van der Waals surface area contributed by atoms with Gasteiger partial charge >= 0.3 is 5.97 Å². The summed E-state index contributed by atoms with van der Waals surface area (Å²) < 4.78 is 5.71. The minimum Gasteiger partial charge on any atom is -0.493 e. The highest BCUT2D eigenvalue weighted by atomic mass is 16.5. The second-order valence-corrected chi connectivity index (χ2v) is 4.70. The van der Waals surface area contributed by atoms with Crippen LogP contribution in [0.15, 0.2) is 42.5 Å². The molecule has 2 aromatic carbocycles. The van der Waals surface area contributed by atoms with Gasteiger partial charge in [-0.3, -0.25) is 0 Å². The quantitative estimate of drug-likeness (QED) is 0.887. The summed E-state index contributed by atoms with van der Waals surface area (Å²) in [6.45, 7) is 4.54. The maximum atomic E-state index is 11.4. The van der Waals surface area contributed by atoms with Crippen LogP contribution < -0.4 is 4.74 Å². The molecule has 1 N–H and O–H groups in total. The molecule has 20 heavy (non-hydrogen) atoms. The Kier molecular flexibility index (Phi) is 4.41. The van der Waals surface area contributed by atoms with E-state index in [1.165, 1.54) is 0 Å². The average molecular weight is 270 g/mol. The topological polar surface area (TPSA) is 46.5 Å². The molecule has 0 spiro atoms. The van der Waals surface area contributed by atoms with Gasteiger partial charge in [0.05, 0.1) is 12.2 Å². The summed E-state index contributed by atoms with van der Waals surface area (Å²) >= 11 is 0. The fourth-order valence-electron chi connectivity index (χ4n) is 2.10. The van der Waals surface area contributed by atoms with E-state index in [1.807, 2.05) is 50.2 Å². The summed E-state index contributed by atoms with van der Waals surface area (Å²) in [4.78, 5) is 11.4. The zero-order valence-corrected chi connectivity index (χ0v) is 11.7. The molecule has 0 saturated carbocycles. The minimum absolute atomic E-state index is 0.303. The Morgan fingerprint density at radius 1 is 1.15 bits per heavy atom. The third-order valence-corrected chi connectivity index (χ3v) is 3.04. The molecule has 0 aliphatic heterocycles. The summed E-state index contributed by atoms with van der Waals surface area (Å²) in [7, 11) is 0. The van der Waals surface area contributed by atoms with E-state index in [-0.39, 0.29) is 0 Å². The molecule has 0 aromatic heterocycles. The van der Waals surface area contributed by atoms with E-state index < -0.39 is 5.97 Å². The number of aromatic carboxylic acids is 1. The van der Waals surface area contributed by atoms with E-state index in [0.29, 0.717) is 17.7 Å². The van der Waals surface area contributed by atoms with Crippen molar-refractivity contribution in [3.05, 3.63) is 53.6 Å². The first-order chi connectivity index (χ1) is 9.63. The van der Waals surface area contributed by atoms with Crippen molar-refractivity contribution in [3.8, 4) is 16.9 Å². The third-order valence-electron chi connectivity index (χ3n) is 3.04. The fraction of sp³-hybridized carbons (Fsp3) is 0.235. The Bertz CT molecular complexity index is 617. The van der Waals surface area contributed by atoms with Gasteiger partial charge in [-0.25, -0.2) is 4.79 Å². The van der Waals surface area contributed by atoms with Crippen LogP contribution in [0, 0.1) is 6.92 Å². The molecule has 0 atom stereocenters. The predicted molar refractivity (Wildman–Crippen MR) is 79.4 cm³/mol. The molecule has 0 fully saturated rings. The van der Waals surface area contributed by atoms with Gasteiger partial charge in [0.2, 0.25) is 0 Å². The number of carboxylic acid groups (broad SMARTS) is 1. The number of ether oxygens (including phenoxy) is 1. The van der Waals surface area contributed by atoms with Crippen molar-refractivity contribution < 1.29 is 14.6 Å². The monoisotopic (exact) mass is 270 g/mol. The molecule has 2 aromatic rings. The number of carbonyl (C=O) groups is 1. The molecule has 0 amide bonds. The standard InChI is InChI=1S/C17H18O3/c1-3-10-20-16-7-5-4-6-14(16)13-9-8-12(2)11-15(13)17(18)19/h4-9,11H,3,10H2,1-2H3,(H,18,19). The van der Waals surface area contributed by atoms with Gasteiger partial charge in [-0.1, -0.05) is 42.8 Å². The molecule has 0 heterocycles. The number of carboxylic acids is 1. The molecular weight excluding hydrogens is 252 g/mol. The molecule has 0 saturated heterocycles. The van der Waals surface area contributed by atoms with Crippen LogP contribution in [0.25, 0.3) is 11.1 Å². The number of para-hydroxylation sites is 1. The Balaban J connectivity index is 2.54. The van der Waals surface area contributed by atoms with Crippen molar-refractivity contribution in [2.75, 3.05) is 6.61 Å². The lowest BCUT2D eigenvalue weighted by molar-refractivity contribution is 0.0697. The average Bonchev–Trinajstić information content (AvgIpc) is 2.45. The van der Waals surface area contributed by atoms with Crippen molar-refractivity contribution in [1.29, 1.82) is 0 Å². The van der Waals surface area contributed by atoms with Crippen molar-refractivity contribution in [3.63, 3.8) is 0 Å². The zero-order chi connectivity index (χ0) is 14.5. The Labute approximate surface area is 118 Å². The SMILES string of the molecule is CCCOc1ccccc1-c1ccc(C)cc1C(=O)O. The first kappa shape index (κ1) is 14.1. The molecule has 0 bridgehead atoms. The third kappa shape index (κ3) is 2.99. The highest BCUT2D eigenvalue weighted by Gasteiger charge is 2.15. The number of hydrogen-bond donors (Lipinski definition) is 1. The van der Waals surface area contributed by atoms with E-state index in [2.05, 4.69) is 0 Å². The highest BCUT2D eigenvalue weighted by molar-refractivity contribution is 5.97. The molecule has 3 nitrogen and oxygen atoms in total. The normalized spacial score (nSPS) is 10.3. The van der Waals surface area contributed by atoms with E-state index in [0.717, 1.165) is 23.3 Å². The van der Waals surface area contributed by atoms with Gasteiger partial charge < -0.3 is 9.84 Å². The van der Waals surface area contributed by atoms with Crippen LogP contribution in [0.2, 0.25) is 0 Å². The van der Waals surface area contributed by atoms with Crippen molar-refractivity contribution in [2.45, 2.75) is 20.3 Å². The maximum Gasteiger partial charge on any atom is 0.336 e. The molecule has 0 radical (unpaired) electrons. The second kappa shape index (κ2) is 6.24. The van der Waals surface area contributed by atoms with Crippen molar-refractivity contribution in [2.24, 2.45) is 0 Å². The molecule has 0 aliphatic rings. The number of hydrogen-bond acceptors (Lipinski definition) is 2. The van der Waals surface area contributed by atoms with Gasteiger partial charge in [0, 0.05) is 5.56 Å². The van der Waals surface area contributed by atoms with Gasteiger partial charge in [-0.05, 0) is 31.0 Å². The number of rotatable bonds is 5. The first-order valence-corrected chi connectivity index (χ1v) is 6.69. The molecule has 3 heteroatoms. The van der Waals surface area contributed by atoms with E-state index in [9.17, 15) is 9.90 Å². The van der Waals surface area contributed by atoms with Crippen molar-refractivity contribution in [1.82, 2.24) is 0 Å². The second-order valence-electron chi connectivity index (χ2n) is 4.70. The maximum absolute atomic E-state index is 11.4. The first-order valence-electron chi connectivity index (χ1n) is 6.69. The van der Waals surface area contributed by atoms with Crippen LogP contribution >= 0.6 is 0 Å². The molecular formula is C17H18O3. The van der Waals surface area contributed by atoms with Crippen molar-refractivity contribution >= 4 is 5.97 Å². The summed E-state index contributed by atoms with van der Waals surface area (Å²) in [6, 6.07) is 13.0. The van der Waals surface area contributed by atoms with Crippen LogP contribution in [0.5, 0.6) is 5.75 Å². The van der Waals surface area contributed by atoms with Gasteiger partial charge in [0.25, 0.3) is 0 Å². The summed E-state index contributed by atoms with van der Waals surface area (Å²) in [5.74, 6) is -0.199. The summed E-state index contributed by atoms with van der Waals surface area (Å²) in [5, 5.41) is 9.38. The van der Waals surface area contributed by atoms with Crippen LogP contribution in [0.3, 0.4) is 0 Å². The fourth-order valence-corrected chi connectivity index (χ4v) is 2.10. The Morgan fingerprint density at radius 3 is 2.60 bits per heavy atom. The molecule has 0 aliphatic carbocycles. The van der Waals surface area contributed by atoms with Crippen LogP contribution in [-0.4, -0.2) is 17.7 Å². The van der Waals surface area contributed by atoms with Crippen LogP contribution in [0.4, 0.5) is 0 Å². The zero-order valence-electron chi connectivity index (χ0n) is 11.7. The lowest BCUT2D eigenvalue weighted by atomic mass is 9.97. The molecule has 0 unspecified atom stereocenters. The number of aryl methyl sites for hydroxylation is 1. The largest absolute Gasteiger partial charge is 0.493 e. The smallest absolute Gasteiger partial charge is 0.336 e. The Hall–Kier alpha value is -2.29. The van der Waals surface area contributed by atoms with E-state index >= 15 is 0 Å². The van der Waals surface area contributed by atoms with Gasteiger partial charge in [-0.2, -0.15) is 0 Å². The predicted octanol–water partition coefficient (Wildman–Crippen LogP) is 4.15. The summed E-state index contributed by atoms with van der Waals surface area (Å²) in [5.41, 5.74) is 2.74. The van der Waals surface area contributed by atoms with E-state index in [4.69, 9.17) is 4.74 Å². The lowest BCUT2D eigenvalue weighted by Gasteiger charge is -2.13. The van der Waals surface area contributed by atoms with Gasteiger partial charge in [0.15, 0.2) is 0 Å². The molecule has 104 valence electrons. The van der Waals surface area contributed by atoms with Crippen LogP contribution in [0.1, 0.15) is 29.3 Å². The van der Waals surface area contributed by atoms with E-state index in [1.54, 1.807) is 6.07 Å². The van der Waals surface area contributed by atoms with Gasteiger partial charge in [0.1, 0.15) is 5.75 Å². The highest BCUT2D eigenvalue weighted by Crippen LogP contribution is 2.33. The lowest BCUT2D eigenvalue weighted by Crippen LogP contribution is -2.02. The summed E-state index contributed by atoms with van der Waals surface area (Å²) in [6.07, 6.45) is 0.911. The van der Waals surface area contributed by atoms with Crippen LogP contribution in [-0.2, 0) is 0 Å². The minimum atomic E-state index is -0.922. The molecule has 2 rings (SSSR count). The number of benzene rings is 2. The Morgan fingerprint density at radius 2 is 1.90 bits per heavy atom.